The Hall–Kier alpha value is -1.90. The highest BCUT2D eigenvalue weighted by atomic mass is 32.2. The molecule has 1 atom stereocenters. The van der Waals surface area contributed by atoms with Crippen LogP contribution in [0.3, 0.4) is 0 Å². The van der Waals surface area contributed by atoms with Crippen molar-refractivity contribution >= 4 is 10.0 Å². The summed E-state index contributed by atoms with van der Waals surface area (Å²) < 4.78 is 64.2. The first-order valence-corrected chi connectivity index (χ1v) is 9.05. The summed E-state index contributed by atoms with van der Waals surface area (Å²) in [6.45, 7) is 1.60. The van der Waals surface area contributed by atoms with Gasteiger partial charge in [-0.3, -0.25) is 0 Å². The highest BCUT2D eigenvalue weighted by Gasteiger charge is 2.30. The van der Waals surface area contributed by atoms with Crippen molar-refractivity contribution in [2.75, 3.05) is 6.54 Å². The Labute approximate surface area is 144 Å². The summed E-state index contributed by atoms with van der Waals surface area (Å²) in [5, 5.41) is 10.00. The number of nitrogens with one attached hydrogen (secondary N) is 1. The lowest BCUT2D eigenvalue weighted by atomic mass is 10.1. The van der Waals surface area contributed by atoms with E-state index in [9.17, 15) is 26.7 Å². The lowest BCUT2D eigenvalue weighted by Crippen LogP contribution is -2.28. The quantitative estimate of drug-likeness (QED) is 0.817. The molecule has 8 heteroatoms. The van der Waals surface area contributed by atoms with Crippen LogP contribution in [0.2, 0.25) is 0 Å². The number of aryl methyl sites for hydroxylation is 1. The van der Waals surface area contributed by atoms with Gasteiger partial charge in [0.05, 0.1) is 16.6 Å². The predicted octanol–water partition coefficient (Wildman–Crippen LogP) is 3.28. The third-order valence-electron chi connectivity index (χ3n) is 3.73. The zero-order chi connectivity index (χ0) is 18.7. The van der Waals surface area contributed by atoms with Crippen molar-refractivity contribution in [3.63, 3.8) is 0 Å². The topological polar surface area (TPSA) is 66.4 Å². The molecule has 0 amide bonds. The first-order chi connectivity index (χ1) is 11.6. The summed E-state index contributed by atoms with van der Waals surface area (Å²) in [5.74, 6) is 0. The van der Waals surface area contributed by atoms with Crippen molar-refractivity contribution in [2.24, 2.45) is 0 Å². The highest BCUT2D eigenvalue weighted by Crippen LogP contribution is 2.29. The lowest BCUT2D eigenvalue weighted by molar-refractivity contribution is -0.137. The fraction of sp³-hybridized carbons (Fsp3) is 0.294. The van der Waals surface area contributed by atoms with Crippen LogP contribution in [0.4, 0.5) is 13.2 Å². The first-order valence-electron chi connectivity index (χ1n) is 7.57. The van der Waals surface area contributed by atoms with E-state index in [1.807, 2.05) is 6.92 Å². The minimum Gasteiger partial charge on any atom is -0.387 e. The Morgan fingerprint density at radius 2 is 1.60 bits per heavy atom. The van der Waals surface area contributed by atoms with E-state index in [4.69, 9.17) is 0 Å². The molecule has 1 unspecified atom stereocenters. The fourth-order valence-electron chi connectivity index (χ4n) is 2.19. The lowest BCUT2D eigenvalue weighted by Gasteiger charge is -2.14. The van der Waals surface area contributed by atoms with E-state index in [2.05, 4.69) is 4.72 Å². The second kappa shape index (κ2) is 7.55. The van der Waals surface area contributed by atoms with Crippen molar-refractivity contribution < 1.29 is 26.7 Å². The predicted molar refractivity (Wildman–Crippen MR) is 87.4 cm³/mol. The van der Waals surface area contributed by atoms with Gasteiger partial charge in [0.1, 0.15) is 0 Å². The van der Waals surface area contributed by atoms with Gasteiger partial charge in [0.15, 0.2) is 0 Å². The molecule has 0 aliphatic rings. The van der Waals surface area contributed by atoms with Gasteiger partial charge in [0, 0.05) is 6.54 Å². The van der Waals surface area contributed by atoms with Crippen molar-refractivity contribution in [1.82, 2.24) is 4.72 Å². The highest BCUT2D eigenvalue weighted by molar-refractivity contribution is 7.89. The number of rotatable bonds is 6. The third-order valence-corrected chi connectivity index (χ3v) is 5.17. The summed E-state index contributed by atoms with van der Waals surface area (Å²) in [6.07, 6.45) is -4.94. The third kappa shape index (κ3) is 5.04. The standard InChI is InChI=1S/C17H18F3NO3S/c1-2-12-3-9-15(10-4-12)25(23,24)21-11-16(22)13-5-7-14(8-6-13)17(18,19)20/h3-10,16,21-22H,2,11H2,1H3. The average Bonchev–Trinajstić information content (AvgIpc) is 2.59. The molecule has 2 aromatic rings. The SMILES string of the molecule is CCc1ccc(S(=O)(=O)NCC(O)c2ccc(C(F)(F)F)cc2)cc1. The van der Waals surface area contributed by atoms with Crippen LogP contribution < -0.4 is 4.72 Å². The van der Waals surface area contributed by atoms with Crippen molar-refractivity contribution in [1.29, 1.82) is 0 Å². The number of hydrogen-bond donors (Lipinski definition) is 2. The van der Waals surface area contributed by atoms with E-state index in [0.29, 0.717) is 0 Å². The molecule has 4 nitrogen and oxygen atoms in total. The van der Waals surface area contributed by atoms with E-state index < -0.39 is 27.9 Å². The number of benzene rings is 2. The largest absolute Gasteiger partial charge is 0.416 e. The van der Waals surface area contributed by atoms with Gasteiger partial charge in [-0.15, -0.1) is 0 Å². The second-order valence-corrected chi connectivity index (χ2v) is 7.25. The maximum Gasteiger partial charge on any atom is 0.416 e. The first kappa shape index (κ1) is 19.4. The molecular weight excluding hydrogens is 355 g/mol. The van der Waals surface area contributed by atoms with E-state index in [1.54, 1.807) is 12.1 Å². The Kier molecular flexibility index (Phi) is 5.87. The summed E-state index contributed by atoms with van der Waals surface area (Å²) in [6, 6.07) is 10.3. The van der Waals surface area contributed by atoms with E-state index in [0.717, 1.165) is 36.2 Å². The molecule has 2 rings (SSSR count). The summed E-state index contributed by atoms with van der Waals surface area (Å²) in [4.78, 5) is 0.0596. The number of sulfonamides is 1. The van der Waals surface area contributed by atoms with Crippen molar-refractivity contribution in [3.05, 3.63) is 65.2 Å². The summed E-state index contributed by atoms with van der Waals surface area (Å²) >= 11 is 0. The molecule has 2 aromatic carbocycles. The second-order valence-electron chi connectivity index (χ2n) is 5.48. The molecule has 0 fully saturated rings. The monoisotopic (exact) mass is 373 g/mol. The number of aliphatic hydroxyl groups is 1. The Balaban J connectivity index is 2.03. The summed E-state index contributed by atoms with van der Waals surface area (Å²) in [7, 11) is -3.81. The zero-order valence-corrected chi connectivity index (χ0v) is 14.2. The van der Waals surface area contributed by atoms with Gasteiger partial charge in [-0.2, -0.15) is 13.2 Å². The maximum absolute atomic E-state index is 12.5. The van der Waals surface area contributed by atoms with Crippen LogP contribution in [0.25, 0.3) is 0 Å². The normalized spacial score (nSPS) is 13.6. The van der Waals surface area contributed by atoms with Gasteiger partial charge in [-0.05, 0) is 41.8 Å². The van der Waals surface area contributed by atoms with Crippen LogP contribution >= 0.6 is 0 Å². The minimum absolute atomic E-state index is 0.0596. The maximum atomic E-state index is 12.5. The molecule has 0 saturated heterocycles. The molecule has 0 spiro atoms. The molecule has 0 radical (unpaired) electrons. The fourth-order valence-corrected chi connectivity index (χ4v) is 3.23. The number of hydrogen-bond acceptors (Lipinski definition) is 3. The van der Waals surface area contributed by atoms with Gasteiger partial charge in [0.25, 0.3) is 0 Å². The number of aliphatic hydroxyl groups excluding tert-OH is 1. The Morgan fingerprint density at radius 3 is 2.08 bits per heavy atom. The van der Waals surface area contributed by atoms with Gasteiger partial charge in [-0.1, -0.05) is 31.2 Å². The molecule has 136 valence electrons. The number of halogens is 3. The zero-order valence-electron chi connectivity index (χ0n) is 13.4. The van der Waals surface area contributed by atoms with Crippen LogP contribution in [0.1, 0.15) is 29.7 Å². The van der Waals surface area contributed by atoms with Crippen LogP contribution in [-0.2, 0) is 22.6 Å². The number of alkyl halides is 3. The van der Waals surface area contributed by atoms with E-state index in [-0.39, 0.29) is 17.0 Å². The van der Waals surface area contributed by atoms with Crippen LogP contribution in [0.5, 0.6) is 0 Å². The van der Waals surface area contributed by atoms with E-state index >= 15 is 0 Å². The Bertz CT molecular complexity index is 801. The van der Waals surface area contributed by atoms with Gasteiger partial charge in [-0.25, -0.2) is 13.1 Å². The van der Waals surface area contributed by atoms with Gasteiger partial charge >= 0.3 is 6.18 Å². The molecule has 2 N–H and O–H groups in total. The van der Waals surface area contributed by atoms with Crippen LogP contribution in [0.15, 0.2) is 53.4 Å². The molecule has 0 heterocycles. The molecular formula is C17H18F3NO3S. The smallest absolute Gasteiger partial charge is 0.387 e. The van der Waals surface area contributed by atoms with Crippen LogP contribution in [-0.4, -0.2) is 20.1 Å². The van der Waals surface area contributed by atoms with Gasteiger partial charge in [0.2, 0.25) is 10.0 Å². The van der Waals surface area contributed by atoms with Gasteiger partial charge < -0.3 is 5.11 Å². The van der Waals surface area contributed by atoms with Crippen LogP contribution in [0, 0.1) is 0 Å². The Morgan fingerprint density at radius 1 is 1.04 bits per heavy atom. The van der Waals surface area contributed by atoms with Crippen molar-refractivity contribution in [2.45, 2.75) is 30.5 Å². The van der Waals surface area contributed by atoms with E-state index in [1.165, 1.54) is 12.1 Å². The molecule has 0 bridgehead atoms. The minimum atomic E-state index is -4.46. The molecule has 0 saturated carbocycles. The molecule has 0 aliphatic heterocycles. The van der Waals surface area contributed by atoms with Crippen molar-refractivity contribution in [3.8, 4) is 0 Å². The molecule has 25 heavy (non-hydrogen) atoms. The summed E-state index contributed by atoms with van der Waals surface area (Å²) in [5.41, 5.74) is 0.348. The molecule has 0 aromatic heterocycles. The average molecular weight is 373 g/mol. The molecule has 0 aliphatic carbocycles.